The second kappa shape index (κ2) is 5.66. The van der Waals surface area contributed by atoms with Crippen LogP contribution in [0.2, 0.25) is 0 Å². The predicted octanol–water partition coefficient (Wildman–Crippen LogP) is 1.53. The molecule has 0 saturated heterocycles. The molecule has 1 aliphatic rings. The van der Waals surface area contributed by atoms with Crippen LogP contribution >= 0.6 is 0 Å². The second-order valence-corrected chi connectivity index (χ2v) is 4.74. The molecule has 1 aliphatic carbocycles. The molecule has 1 fully saturated rings. The van der Waals surface area contributed by atoms with E-state index in [0.717, 1.165) is 12.8 Å². The van der Waals surface area contributed by atoms with E-state index in [-0.39, 0.29) is 11.9 Å². The number of nitrogens with zero attached hydrogens (tertiary/aromatic N) is 3. The molecule has 0 aliphatic heterocycles. The molecule has 3 N–H and O–H groups in total. The van der Waals surface area contributed by atoms with Gasteiger partial charge in [-0.15, -0.1) is 0 Å². The maximum atomic E-state index is 8.51. The summed E-state index contributed by atoms with van der Waals surface area (Å²) in [6.45, 7) is 2.24. The van der Waals surface area contributed by atoms with E-state index in [1.165, 1.54) is 25.2 Å². The lowest BCUT2D eigenvalue weighted by Gasteiger charge is -2.26. The van der Waals surface area contributed by atoms with Gasteiger partial charge in [0.1, 0.15) is 11.8 Å². The molecule has 1 aromatic rings. The molecule has 2 unspecified atom stereocenters. The van der Waals surface area contributed by atoms with Crippen molar-refractivity contribution < 1.29 is 9.94 Å². The largest absolute Gasteiger partial charge is 0.473 e. The zero-order valence-corrected chi connectivity index (χ0v) is 10.4. The van der Waals surface area contributed by atoms with Gasteiger partial charge >= 0.3 is 0 Å². The second-order valence-electron chi connectivity index (χ2n) is 4.74. The average molecular weight is 250 g/mol. The molecule has 0 spiro atoms. The predicted molar refractivity (Wildman–Crippen MR) is 66.6 cm³/mol. The third kappa shape index (κ3) is 3.09. The number of amidine groups is 1. The molecule has 18 heavy (non-hydrogen) atoms. The van der Waals surface area contributed by atoms with E-state index in [2.05, 4.69) is 22.0 Å². The molecule has 0 amide bonds. The zero-order chi connectivity index (χ0) is 13.0. The normalized spacial score (nSPS) is 24.8. The third-order valence-corrected chi connectivity index (χ3v) is 3.17. The lowest BCUT2D eigenvalue weighted by molar-refractivity contribution is 0.123. The Bertz CT molecular complexity index is 419. The summed E-state index contributed by atoms with van der Waals surface area (Å²) in [5, 5.41) is 11.4. The number of hydrogen-bond acceptors (Lipinski definition) is 5. The first-order valence-electron chi connectivity index (χ1n) is 6.15. The van der Waals surface area contributed by atoms with E-state index in [1.54, 1.807) is 0 Å². The topological polar surface area (TPSA) is 93.6 Å². The van der Waals surface area contributed by atoms with E-state index < -0.39 is 0 Å². The molecular formula is C12H18N4O2. The van der Waals surface area contributed by atoms with E-state index in [1.807, 2.05) is 0 Å². The smallest absolute Gasteiger partial charge is 0.232 e. The highest BCUT2D eigenvalue weighted by molar-refractivity contribution is 5.94. The summed E-state index contributed by atoms with van der Waals surface area (Å²) < 4.78 is 5.78. The van der Waals surface area contributed by atoms with Gasteiger partial charge in [0.05, 0.1) is 12.4 Å². The quantitative estimate of drug-likeness (QED) is 0.367. The Hall–Kier alpha value is -1.85. The zero-order valence-electron chi connectivity index (χ0n) is 10.4. The fraction of sp³-hybridized carbons (Fsp3) is 0.583. The Balaban J connectivity index is 1.97. The van der Waals surface area contributed by atoms with Gasteiger partial charge in [0, 0.05) is 0 Å². The van der Waals surface area contributed by atoms with Crippen LogP contribution in [0.4, 0.5) is 0 Å². The molecule has 1 saturated carbocycles. The number of aromatic nitrogens is 2. The minimum atomic E-state index is -0.0552. The van der Waals surface area contributed by atoms with Crippen LogP contribution in [0.5, 0.6) is 5.88 Å². The van der Waals surface area contributed by atoms with Gasteiger partial charge in [-0.1, -0.05) is 18.5 Å². The number of rotatable bonds is 3. The van der Waals surface area contributed by atoms with Gasteiger partial charge in [-0.05, 0) is 25.2 Å². The lowest BCUT2D eigenvalue weighted by Crippen LogP contribution is -2.24. The number of hydrogen-bond donors (Lipinski definition) is 2. The van der Waals surface area contributed by atoms with Gasteiger partial charge < -0.3 is 15.7 Å². The molecule has 0 aromatic carbocycles. The molecule has 1 aromatic heterocycles. The highest BCUT2D eigenvalue weighted by Crippen LogP contribution is 2.26. The summed E-state index contributed by atoms with van der Waals surface area (Å²) in [4.78, 5) is 8.14. The van der Waals surface area contributed by atoms with Crippen LogP contribution < -0.4 is 10.5 Å². The van der Waals surface area contributed by atoms with Crippen molar-refractivity contribution in [3.8, 4) is 5.88 Å². The highest BCUT2D eigenvalue weighted by atomic mass is 16.5. The van der Waals surface area contributed by atoms with E-state index >= 15 is 0 Å². The van der Waals surface area contributed by atoms with E-state index in [4.69, 9.17) is 15.7 Å². The van der Waals surface area contributed by atoms with Crippen molar-refractivity contribution in [1.82, 2.24) is 9.97 Å². The van der Waals surface area contributed by atoms with Crippen molar-refractivity contribution >= 4 is 5.84 Å². The molecule has 0 bridgehead atoms. The van der Waals surface area contributed by atoms with Crippen molar-refractivity contribution in [2.24, 2.45) is 16.8 Å². The van der Waals surface area contributed by atoms with Crippen LogP contribution in [0.25, 0.3) is 0 Å². The highest BCUT2D eigenvalue weighted by Gasteiger charge is 2.20. The summed E-state index contributed by atoms with van der Waals surface area (Å²) in [6.07, 6.45) is 7.76. The molecule has 98 valence electrons. The summed E-state index contributed by atoms with van der Waals surface area (Å²) in [6, 6.07) is 0. The Kier molecular flexibility index (Phi) is 3.96. The van der Waals surface area contributed by atoms with Crippen LogP contribution in [0.1, 0.15) is 38.3 Å². The van der Waals surface area contributed by atoms with Crippen molar-refractivity contribution in [3.05, 3.63) is 18.1 Å². The Labute approximate surface area is 106 Å². The van der Waals surface area contributed by atoms with Crippen molar-refractivity contribution in [2.45, 2.75) is 38.7 Å². The molecule has 2 atom stereocenters. The van der Waals surface area contributed by atoms with Gasteiger partial charge in [0.2, 0.25) is 5.88 Å². The van der Waals surface area contributed by atoms with Gasteiger partial charge in [0.15, 0.2) is 5.84 Å². The minimum absolute atomic E-state index is 0.0552. The molecule has 0 radical (unpaired) electrons. The Morgan fingerprint density at radius 2 is 2.28 bits per heavy atom. The number of ether oxygens (including phenoxy) is 1. The van der Waals surface area contributed by atoms with Crippen molar-refractivity contribution in [2.75, 3.05) is 0 Å². The summed E-state index contributed by atoms with van der Waals surface area (Å²) in [7, 11) is 0. The average Bonchev–Trinajstić information content (AvgIpc) is 2.39. The van der Waals surface area contributed by atoms with E-state index in [9.17, 15) is 0 Å². The Morgan fingerprint density at radius 1 is 1.44 bits per heavy atom. The fourth-order valence-electron chi connectivity index (χ4n) is 2.22. The van der Waals surface area contributed by atoms with Crippen LogP contribution in [0.3, 0.4) is 0 Å². The summed E-state index contributed by atoms with van der Waals surface area (Å²) in [5.74, 6) is 1.14. The van der Waals surface area contributed by atoms with Crippen LogP contribution in [-0.4, -0.2) is 27.1 Å². The maximum absolute atomic E-state index is 8.51. The molecule has 1 heterocycles. The first-order valence-corrected chi connectivity index (χ1v) is 6.15. The van der Waals surface area contributed by atoms with Gasteiger partial charge in [-0.3, -0.25) is 0 Å². The van der Waals surface area contributed by atoms with Gasteiger partial charge in [0.25, 0.3) is 0 Å². The maximum Gasteiger partial charge on any atom is 0.232 e. The van der Waals surface area contributed by atoms with Crippen molar-refractivity contribution in [3.63, 3.8) is 0 Å². The van der Waals surface area contributed by atoms with Gasteiger partial charge in [-0.25, -0.2) is 9.97 Å². The first-order chi connectivity index (χ1) is 8.69. The SMILES string of the molecule is CC1CCCC(Oc2cnc(C(N)=NO)cn2)C1. The van der Waals surface area contributed by atoms with Crippen LogP contribution in [-0.2, 0) is 0 Å². The van der Waals surface area contributed by atoms with E-state index in [0.29, 0.717) is 17.5 Å². The summed E-state index contributed by atoms with van der Waals surface area (Å²) >= 11 is 0. The number of nitrogens with two attached hydrogens (primary N) is 1. The summed E-state index contributed by atoms with van der Waals surface area (Å²) in [5.41, 5.74) is 5.74. The van der Waals surface area contributed by atoms with Crippen LogP contribution in [0.15, 0.2) is 17.5 Å². The third-order valence-electron chi connectivity index (χ3n) is 3.17. The minimum Gasteiger partial charge on any atom is -0.473 e. The van der Waals surface area contributed by atoms with Crippen molar-refractivity contribution in [1.29, 1.82) is 0 Å². The standard InChI is InChI=1S/C12H18N4O2/c1-8-3-2-4-9(5-8)18-11-7-14-10(6-15-11)12(13)16-17/h6-9,17H,2-5H2,1H3,(H2,13,16). The first kappa shape index (κ1) is 12.6. The van der Waals surface area contributed by atoms with Crippen LogP contribution in [0, 0.1) is 5.92 Å². The molecule has 6 heteroatoms. The lowest BCUT2D eigenvalue weighted by atomic mass is 9.89. The van der Waals surface area contributed by atoms with Gasteiger partial charge in [-0.2, -0.15) is 0 Å². The fourth-order valence-corrected chi connectivity index (χ4v) is 2.22. The monoisotopic (exact) mass is 250 g/mol. The Morgan fingerprint density at radius 3 is 2.89 bits per heavy atom. The molecular weight excluding hydrogens is 232 g/mol. The molecule has 6 nitrogen and oxygen atoms in total. The molecule has 2 rings (SSSR count). The number of oxime groups is 1.